The highest BCUT2D eigenvalue weighted by Gasteiger charge is 2.15. The first-order valence-corrected chi connectivity index (χ1v) is 5.99. The molecular formula is C14H15N3O. The van der Waals surface area contributed by atoms with E-state index in [-0.39, 0.29) is 5.92 Å². The Hall–Kier alpha value is -2.15. The lowest BCUT2D eigenvalue weighted by atomic mass is 10.1. The molecule has 0 N–H and O–H groups in total. The van der Waals surface area contributed by atoms with E-state index in [1.54, 1.807) is 0 Å². The SMILES string of the molecule is Cc1ccccc1-c1noc(C(C)CCC#N)n1. The normalized spacial score (nSPS) is 12.1. The Labute approximate surface area is 106 Å². The van der Waals surface area contributed by atoms with Gasteiger partial charge >= 0.3 is 0 Å². The van der Waals surface area contributed by atoms with Crippen molar-refractivity contribution in [2.45, 2.75) is 32.6 Å². The van der Waals surface area contributed by atoms with Gasteiger partial charge in [-0.1, -0.05) is 36.3 Å². The monoisotopic (exact) mass is 241 g/mol. The zero-order valence-electron chi connectivity index (χ0n) is 10.6. The zero-order chi connectivity index (χ0) is 13.0. The van der Waals surface area contributed by atoms with Crippen molar-refractivity contribution < 1.29 is 4.52 Å². The van der Waals surface area contributed by atoms with Gasteiger partial charge in [0.1, 0.15) is 0 Å². The van der Waals surface area contributed by atoms with Gasteiger partial charge in [0, 0.05) is 17.9 Å². The molecule has 1 unspecified atom stereocenters. The third-order valence-electron chi connectivity index (χ3n) is 2.94. The quantitative estimate of drug-likeness (QED) is 0.822. The van der Waals surface area contributed by atoms with Crippen LogP contribution < -0.4 is 0 Å². The van der Waals surface area contributed by atoms with Gasteiger partial charge in [0.05, 0.1) is 6.07 Å². The predicted molar refractivity (Wildman–Crippen MR) is 67.7 cm³/mol. The smallest absolute Gasteiger partial charge is 0.229 e. The number of aromatic nitrogens is 2. The molecular weight excluding hydrogens is 226 g/mol. The zero-order valence-corrected chi connectivity index (χ0v) is 10.6. The Bertz CT molecular complexity index is 568. The lowest BCUT2D eigenvalue weighted by Crippen LogP contribution is -1.93. The van der Waals surface area contributed by atoms with E-state index in [4.69, 9.17) is 9.78 Å². The lowest BCUT2D eigenvalue weighted by molar-refractivity contribution is 0.355. The molecule has 0 bridgehead atoms. The van der Waals surface area contributed by atoms with Crippen LogP contribution in [0.3, 0.4) is 0 Å². The molecule has 4 heteroatoms. The van der Waals surface area contributed by atoms with Crippen molar-refractivity contribution in [1.29, 1.82) is 5.26 Å². The van der Waals surface area contributed by atoms with Crippen molar-refractivity contribution in [3.8, 4) is 17.5 Å². The van der Waals surface area contributed by atoms with Crippen LogP contribution in [-0.2, 0) is 0 Å². The Morgan fingerprint density at radius 2 is 2.17 bits per heavy atom. The average molecular weight is 241 g/mol. The van der Waals surface area contributed by atoms with Crippen molar-refractivity contribution in [2.24, 2.45) is 0 Å². The number of hydrogen-bond acceptors (Lipinski definition) is 4. The van der Waals surface area contributed by atoms with Crippen LogP contribution in [0.2, 0.25) is 0 Å². The first-order valence-electron chi connectivity index (χ1n) is 5.99. The van der Waals surface area contributed by atoms with Crippen LogP contribution in [0.25, 0.3) is 11.4 Å². The van der Waals surface area contributed by atoms with Gasteiger partial charge in [0.2, 0.25) is 11.7 Å². The third kappa shape index (κ3) is 2.57. The molecule has 0 radical (unpaired) electrons. The van der Waals surface area contributed by atoms with Crippen LogP contribution in [0.5, 0.6) is 0 Å². The van der Waals surface area contributed by atoms with Crippen LogP contribution in [0.15, 0.2) is 28.8 Å². The molecule has 1 aromatic heterocycles. The van der Waals surface area contributed by atoms with Crippen LogP contribution in [-0.4, -0.2) is 10.1 Å². The van der Waals surface area contributed by atoms with Gasteiger partial charge in [-0.05, 0) is 18.9 Å². The maximum absolute atomic E-state index is 8.57. The van der Waals surface area contributed by atoms with Gasteiger partial charge in [0.25, 0.3) is 0 Å². The summed E-state index contributed by atoms with van der Waals surface area (Å²) in [7, 11) is 0. The number of hydrogen-bond donors (Lipinski definition) is 0. The second-order valence-electron chi connectivity index (χ2n) is 4.37. The van der Waals surface area contributed by atoms with Gasteiger partial charge in [-0.25, -0.2) is 0 Å². The molecule has 2 aromatic rings. The van der Waals surface area contributed by atoms with E-state index < -0.39 is 0 Å². The summed E-state index contributed by atoms with van der Waals surface area (Å²) in [5.74, 6) is 1.34. The maximum Gasteiger partial charge on any atom is 0.229 e. The van der Waals surface area contributed by atoms with Crippen molar-refractivity contribution in [1.82, 2.24) is 10.1 Å². The molecule has 0 fully saturated rings. The minimum absolute atomic E-state index is 0.120. The van der Waals surface area contributed by atoms with Crippen molar-refractivity contribution >= 4 is 0 Å². The molecule has 92 valence electrons. The van der Waals surface area contributed by atoms with Gasteiger partial charge < -0.3 is 4.52 Å². The number of nitrogens with zero attached hydrogens (tertiary/aromatic N) is 3. The second kappa shape index (κ2) is 5.46. The second-order valence-corrected chi connectivity index (χ2v) is 4.37. The fourth-order valence-corrected chi connectivity index (χ4v) is 1.77. The lowest BCUT2D eigenvalue weighted by Gasteiger charge is -2.01. The number of rotatable bonds is 4. The standard InChI is InChI=1S/C14H15N3O/c1-10-6-3-4-8-12(10)13-16-14(18-17-13)11(2)7-5-9-15/h3-4,6,8,11H,5,7H2,1-2H3. The number of aryl methyl sites for hydroxylation is 1. The highest BCUT2D eigenvalue weighted by atomic mass is 16.5. The molecule has 0 aliphatic heterocycles. The Morgan fingerprint density at radius 1 is 1.39 bits per heavy atom. The van der Waals surface area contributed by atoms with Gasteiger partial charge in [-0.3, -0.25) is 0 Å². The first-order chi connectivity index (χ1) is 8.72. The van der Waals surface area contributed by atoms with Crippen LogP contribution in [0.4, 0.5) is 0 Å². The summed E-state index contributed by atoms with van der Waals surface area (Å²) in [6.45, 7) is 4.01. The van der Waals surface area contributed by atoms with E-state index in [9.17, 15) is 0 Å². The Balaban J connectivity index is 2.21. The van der Waals surface area contributed by atoms with Crippen LogP contribution >= 0.6 is 0 Å². The number of benzene rings is 1. The molecule has 18 heavy (non-hydrogen) atoms. The summed E-state index contributed by atoms with van der Waals surface area (Å²) in [5, 5.41) is 12.6. The summed E-state index contributed by atoms with van der Waals surface area (Å²) >= 11 is 0. The minimum Gasteiger partial charge on any atom is -0.339 e. The highest BCUT2D eigenvalue weighted by Crippen LogP contribution is 2.24. The summed E-state index contributed by atoms with van der Waals surface area (Å²) in [6.07, 6.45) is 1.25. The average Bonchev–Trinajstić information content (AvgIpc) is 2.86. The molecule has 1 atom stereocenters. The molecule has 0 saturated heterocycles. The molecule has 0 aliphatic rings. The van der Waals surface area contributed by atoms with E-state index in [0.717, 1.165) is 17.5 Å². The van der Waals surface area contributed by atoms with Gasteiger partial charge in [-0.15, -0.1) is 0 Å². The van der Waals surface area contributed by atoms with Crippen LogP contribution in [0.1, 0.15) is 37.1 Å². The Morgan fingerprint density at radius 3 is 2.89 bits per heavy atom. The fraction of sp³-hybridized carbons (Fsp3) is 0.357. The summed E-state index contributed by atoms with van der Waals surface area (Å²) in [5.41, 5.74) is 2.11. The molecule has 2 rings (SSSR count). The van der Waals surface area contributed by atoms with E-state index in [2.05, 4.69) is 16.2 Å². The molecule has 4 nitrogen and oxygen atoms in total. The largest absolute Gasteiger partial charge is 0.339 e. The summed E-state index contributed by atoms with van der Waals surface area (Å²) in [6, 6.07) is 10.1. The van der Waals surface area contributed by atoms with E-state index in [0.29, 0.717) is 18.1 Å². The van der Waals surface area contributed by atoms with E-state index in [1.165, 1.54) is 0 Å². The molecule has 0 amide bonds. The molecule has 1 aromatic carbocycles. The molecule has 0 saturated carbocycles. The van der Waals surface area contributed by atoms with E-state index in [1.807, 2.05) is 38.1 Å². The number of nitriles is 1. The Kier molecular flexibility index (Phi) is 3.73. The van der Waals surface area contributed by atoms with Gasteiger partial charge in [0.15, 0.2) is 0 Å². The topological polar surface area (TPSA) is 62.7 Å². The minimum atomic E-state index is 0.120. The van der Waals surface area contributed by atoms with E-state index >= 15 is 0 Å². The fourth-order valence-electron chi connectivity index (χ4n) is 1.77. The maximum atomic E-state index is 8.57. The van der Waals surface area contributed by atoms with Crippen molar-refractivity contribution in [3.05, 3.63) is 35.7 Å². The summed E-state index contributed by atoms with van der Waals surface area (Å²) in [4.78, 5) is 4.41. The predicted octanol–water partition coefficient (Wildman–Crippen LogP) is 3.45. The van der Waals surface area contributed by atoms with Gasteiger partial charge in [-0.2, -0.15) is 10.2 Å². The van der Waals surface area contributed by atoms with Crippen molar-refractivity contribution in [3.63, 3.8) is 0 Å². The third-order valence-corrected chi connectivity index (χ3v) is 2.94. The van der Waals surface area contributed by atoms with Crippen LogP contribution in [0, 0.1) is 18.3 Å². The first kappa shape index (κ1) is 12.3. The molecule has 0 spiro atoms. The highest BCUT2D eigenvalue weighted by molar-refractivity contribution is 5.58. The van der Waals surface area contributed by atoms with Crippen molar-refractivity contribution in [2.75, 3.05) is 0 Å². The molecule has 1 heterocycles. The molecule has 0 aliphatic carbocycles. The summed E-state index contributed by atoms with van der Waals surface area (Å²) < 4.78 is 5.26.